The SMILES string of the molecule is Fc1cc(Br)cc(NCc2ccoc2)c1. The third-order valence-corrected chi connectivity index (χ3v) is 2.40. The van der Waals surface area contributed by atoms with E-state index in [-0.39, 0.29) is 5.82 Å². The van der Waals surface area contributed by atoms with Gasteiger partial charge in [-0.2, -0.15) is 0 Å². The summed E-state index contributed by atoms with van der Waals surface area (Å²) in [6.45, 7) is 0.617. The Bertz CT molecular complexity index is 422. The monoisotopic (exact) mass is 269 g/mol. The normalized spacial score (nSPS) is 10.3. The second kappa shape index (κ2) is 4.49. The van der Waals surface area contributed by atoms with Crippen LogP contribution in [0.2, 0.25) is 0 Å². The van der Waals surface area contributed by atoms with Crippen molar-refractivity contribution in [2.45, 2.75) is 6.54 Å². The molecule has 0 spiro atoms. The lowest BCUT2D eigenvalue weighted by Crippen LogP contribution is -1.98. The smallest absolute Gasteiger partial charge is 0.126 e. The maximum atomic E-state index is 13.0. The maximum Gasteiger partial charge on any atom is 0.126 e. The quantitative estimate of drug-likeness (QED) is 0.917. The van der Waals surface area contributed by atoms with Gasteiger partial charge in [0.15, 0.2) is 0 Å². The average molecular weight is 270 g/mol. The van der Waals surface area contributed by atoms with Gasteiger partial charge in [-0.3, -0.25) is 0 Å². The second-order valence-electron chi connectivity index (χ2n) is 3.14. The van der Waals surface area contributed by atoms with Crippen LogP contribution in [0.4, 0.5) is 10.1 Å². The van der Waals surface area contributed by atoms with Gasteiger partial charge in [0, 0.05) is 22.3 Å². The molecule has 2 nitrogen and oxygen atoms in total. The number of hydrogen-bond donors (Lipinski definition) is 1. The summed E-state index contributed by atoms with van der Waals surface area (Å²) in [5.74, 6) is -0.265. The molecular weight excluding hydrogens is 261 g/mol. The van der Waals surface area contributed by atoms with Crippen molar-refractivity contribution in [3.05, 3.63) is 52.6 Å². The molecule has 0 saturated carbocycles. The zero-order chi connectivity index (χ0) is 10.7. The largest absolute Gasteiger partial charge is 0.472 e. The van der Waals surface area contributed by atoms with E-state index in [2.05, 4.69) is 21.2 Å². The molecule has 0 bridgehead atoms. The third-order valence-electron chi connectivity index (χ3n) is 1.94. The Morgan fingerprint density at radius 1 is 1.33 bits per heavy atom. The molecule has 1 aromatic carbocycles. The number of benzene rings is 1. The molecule has 0 aliphatic rings. The lowest BCUT2D eigenvalue weighted by molar-refractivity contribution is 0.564. The van der Waals surface area contributed by atoms with E-state index in [1.165, 1.54) is 12.1 Å². The standard InChI is InChI=1S/C11H9BrFNO/c12-9-3-10(13)5-11(4-9)14-6-8-1-2-15-7-8/h1-5,7,14H,6H2. The summed E-state index contributed by atoms with van der Waals surface area (Å²) in [4.78, 5) is 0. The molecule has 0 radical (unpaired) electrons. The topological polar surface area (TPSA) is 25.2 Å². The molecule has 1 heterocycles. The van der Waals surface area contributed by atoms with E-state index < -0.39 is 0 Å². The molecule has 15 heavy (non-hydrogen) atoms. The Labute approximate surface area is 95.2 Å². The van der Waals surface area contributed by atoms with Crippen molar-refractivity contribution in [3.63, 3.8) is 0 Å². The Kier molecular flexibility index (Phi) is 3.06. The van der Waals surface area contributed by atoms with Gasteiger partial charge in [-0.1, -0.05) is 15.9 Å². The Morgan fingerprint density at radius 3 is 2.87 bits per heavy atom. The van der Waals surface area contributed by atoms with E-state index in [0.29, 0.717) is 6.54 Å². The summed E-state index contributed by atoms with van der Waals surface area (Å²) < 4.78 is 18.7. The minimum Gasteiger partial charge on any atom is -0.472 e. The molecule has 0 aliphatic heterocycles. The van der Waals surface area contributed by atoms with Crippen LogP contribution in [0.15, 0.2) is 45.7 Å². The van der Waals surface area contributed by atoms with Gasteiger partial charge in [0.05, 0.1) is 12.5 Å². The molecule has 2 rings (SSSR count). The van der Waals surface area contributed by atoms with Gasteiger partial charge in [-0.25, -0.2) is 4.39 Å². The Hall–Kier alpha value is -1.29. The number of halogens is 2. The van der Waals surface area contributed by atoms with Gasteiger partial charge < -0.3 is 9.73 Å². The molecule has 0 unspecified atom stereocenters. The summed E-state index contributed by atoms with van der Waals surface area (Å²) in [6.07, 6.45) is 3.26. The second-order valence-corrected chi connectivity index (χ2v) is 4.06. The van der Waals surface area contributed by atoms with Gasteiger partial charge >= 0.3 is 0 Å². The molecule has 1 N–H and O–H groups in total. The average Bonchev–Trinajstić information content (AvgIpc) is 2.65. The van der Waals surface area contributed by atoms with Gasteiger partial charge in [-0.15, -0.1) is 0 Å². The molecule has 0 aliphatic carbocycles. The van der Waals surface area contributed by atoms with Crippen molar-refractivity contribution < 1.29 is 8.81 Å². The van der Waals surface area contributed by atoms with Gasteiger partial charge in [-0.05, 0) is 24.3 Å². The van der Waals surface area contributed by atoms with E-state index in [4.69, 9.17) is 4.42 Å². The molecule has 0 atom stereocenters. The maximum absolute atomic E-state index is 13.0. The lowest BCUT2D eigenvalue weighted by atomic mass is 10.3. The molecule has 78 valence electrons. The molecule has 1 aromatic heterocycles. The lowest BCUT2D eigenvalue weighted by Gasteiger charge is -2.05. The fourth-order valence-corrected chi connectivity index (χ4v) is 1.72. The van der Waals surface area contributed by atoms with Crippen LogP contribution in [0, 0.1) is 5.82 Å². The van der Waals surface area contributed by atoms with Crippen LogP contribution < -0.4 is 5.32 Å². The predicted octanol–water partition coefficient (Wildman–Crippen LogP) is 3.79. The highest BCUT2D eigenvalue weighted by Gasteiger charge is 1.99. The van der Waals surface area contributed by atoms with Crippen LogP contribution in [0.1, 0.15) is 5.56 Å². The van der Waals surface area contributed by atoms with Crippen molar-refractivity contribution in [2.24, 2.45) is 0 Å². The molecule has 0 amide bonds. The van der Waals surface area contributed by atoms with Gasteiger partial charge in [0.25, 0.3) is 0 Å². The number of nitrogens with one attached hydrogen (secondary N) is 1. The predicted molar refractivity (Wildman–Crippen MR) is 60.1 cm³/mol. The van der Waals surface area contributed by atoms with E-state index >= 15 is 0 Å². The Morgan fingerprint density at radius 2 is 2.20 bits per heavy atom. The van der Waals surface area contributed by atoms with Crippen LogP contribution in [-0.4, -0.2) is 0 Å². The van der Waals surface area contributed by atoms with Crippen molar-refractivity contribution >= 4 is 21.6 Å². The first-order valence-corrected chi connectivity index (χ1v) is 5.24. The van der Waals surface area contributed by atoms with Crippen LogP contribution >= 0.6 is 15.9 Å². The highest BCUT2D eigenvalue weighted by atomic mass is 79.9. The summed E-state index contributed by atoms with van der Waals surface area (Å²) in [5.41, 5.74) is 1.76. The fraction of sp³-hybridized carbons (Fsp3) is 0.0909. The first kappa shape index (κ1) is 10.2. The number of rotatable bonds is 3. The zero-order valence-corrected chi connectivity index (χ0v) is 9.42. The minimum absolute atomic E-state index is 0.265. The minimum atomic E-state index is -0.265. The summed E-state index contributed by atoms with van der Waals surface area (Å²) in [7, 11) is 0. The molecular formula is C11H9BrFNO. The Balaban J connectivity index is 2.05. The van der Waals surface area contributed by atoms with E-state index in [0.717, 1.165) is 15.7 Å². The highest BCUT2D eigenvalue weighted by Crippen LogP contribution is 2.19. The third kappa shape index (κ3) is 2.83. The van der Waals surface area contributed by atoms with E-state index in [9.17, 15) is 4.39 Å². The first-order chi connectivity index (χ1) is 7.24. The van der Waals surface area contributed by atoms with Gasteiger partial charge in [0.1, 0.15) is 5.82 Å². The molecule has 4 heteroatoms. The van der Waals surface area contributed by atoms with Crippen LogP contribution in [0.3, 0.4) is 0 Å². The fourth-order valence-electron chi connectivity index (χ4n) is 1.25. The summed E-state index contributed by atoms with van der Waals surface area (Å²) in [5, 5.41) is 3.10. The van der Waals surface area contributed by atoms with E-state index in [1.54, 1.807) is 12.5 Å². The summed E-state index contributed by atoms with van der Waals surface area (Å²) in [6, 6.07) is 6.55. The number of furan rings is 1. The van der Waals surface area contributed by atoms with Crippen molar-refractivity contribution in [2.75, 3.05) is 5.32 Å². The van der Waals surface area contributed by atoms with Crippen LogP contribution in [0.25, 0.3) is 0 Å². The van der Waals surface area contributed by atoms with Crippen molar-refractivity contribution in [1.82, 2.24) is 0 Å². The van der Waals surface area contributed by atoms with Gasteiger partial charge in [0.2, 0.25) is 0 Å². The first-order valence-electron chi connectivity index (χ1n) is 4.45. The van der Waals surface area contributed by atoms with Crippen molar-refractivity contribution in [3.8, 4) is 0 Å². The number of anilines is 1. The summed E-state index contributed by atoms with van der Waals surface area (Å²) >= 11 is 3.23. The number of hydrogen-bond acceptors (Lipinski definition) is 2. The van der Waals surface area contributed by atoms with Crippen molar-refractivity contribution in [1.29, 1.82) is 0 Å². The molecule has 2 aromatic rings. The zero-order valence-electron chi connectivity index (χ0n) is 7.84. The van der Waals surface area contributed by atoms with Crippen LogP contribution in [-0.2, 0) is 6.54 Å². The van der Waals surface area contributed by atoms with Crippen LogP contribution in [0.5, 0.6) is 0 Å². The molecule has 0 saturated heterocycles. The highest BCUT2D eigenvalue weighted by molar-refractivity contribution is 9.10. The van der Waals surface area contributed by atoms with E-state index in [1.807, 2.05) is 12.1 Å². The molecule has 0 fully saturated rings.